The van der Waals surface area contributed by atoms with Crippen molar-refractivity contribution in [2.24, 2.45) is 0 Å². The molecule has 6 nitrogen and oxygen atoms in total. The van der Waals surface area contributed by atoms with Crippen molar-refractivity contribution in [2.75, 3.05) is 13.2 Å². The minimum atomic E-state index is -3.87. The van der Waals surface area contributed by atoms with Crippen LogP contribution in [0.2, 0.25) is 0 Å². The molecular formula is C10H18ClN3O3S. The van der Waals surface area contributed by atoms with E-state index in [4.69, 9.17) is 15.4 Å². The van der Waals surface area contributed by atoms with Crippen molar-refractivity contribution < 1.29 is 13.2 Å². The summed E-state index contributed by atoms with van der Waals surface area (Å²) in [6.45, 7) is 6.89. The van der Waals surface area contributed by atoms with E-state index < -0.39 is 9.05 Å². The van der Waals surface area contributed by atoms with Crippen LogP contribution in [0.25, 0.3) is 0 Å². The zero-order chi connectivity index (χ0) is 13.8. The Balaban J connectivity index is 2.89. The Bertz CT molecular complexity index is 485. The lowest BCUT2D eigenvalue weighted by molar-refractivity contribution is 0.135. The normalized spacial score (nSPS) is 12.3. The second-order valence-corrected chi connectivity index (χ2v) is 6.62. The van der Waals surface area contributed by atoms with Crippen LogP contribution in [-0.4, -0.2) is 36.4 Å². The van der Waals surface area contributed by atoms with Gasteiger partial charge in [-0.15, -0.1) is 10.2 Å². The van der Waals surface area contributed by atoms with Crippen LogP contribution >= 0.6 is 10.7 Å². The molecule has 0 aliphatic carbocycles. The molecule has 1 aromatic heterocycles. The highest BCUT2D eigenvalue weighted by atomic mass is 35.7. The summed E-state index contributed by atoms with van der Waals surface area (Å²) < 4.78 is 29.6. The van der Waals surface area contributed by atoms with Crippen LogP contribution < -0.4 is 0 Å². The van der Waals surface area contributed by atoms with Gasteiger partial charge in [0.15, 0.2) is 0 Å². The number of rotatable bonds is 7. The molecule has 0 aliphatic rings. The molecule has 0 fully saturated rings. The molecular weight excluding hydrogens is 278 g/mol. The summed E-state index contributed by atoms with van der Waals surface area (Å²) in [7, 11) is 1.45. The smallest absolute Gasteiger partial charge is 0.296 e. The summed E-state index contributed by atoms with van der Waals surface area (Å²) in [6.07, 6.45) is 1.45. The van der Waals surface area contributed by atoms with Gasteiger partial charge in [0.25, 0.3) is 14.2 Å². The molecule has 0 atom stereocenters. The Hall–Kier alpha value is -0.660. The monoisotopic (exact) mass is 295 g/mol. The van der Waals surface area contributed by atoms with Crippen LogP contribution in [-0.2, 0) is 20.2 Å². The van der Waals surface area contributed by atoms with Gasteiger partial charge in [-0.05, 0) is 20.3 Å². The lowest BCUT2D eigenvalue weighted by Crippen LogP contribution is -2.13. The van der Waals surface area contributed by atoms with Crippen molar-refractivity contribution in [1.82, 2.24) is 14.8 Å². The molecule has 1 aromatic rings. The molecule has 104 valence electrons. The van der Waals surface area contributed by atoms with E-state index in [0.717, 1.165) is 6.42 Å². The van der Waals surface area contributed by atoms with Crippen molar-refractivity contribution >= 4 is 19.7 Å². The molecule has 8 heteroatoms. The first-order valence-electron chi connectivity index (χ1n) is 5.84. The number of nitrogens with zero attached hydrogens (tertiary/aromatic N) is 3. The zero-order valence-corrected chi connectivity index (χ0v) is 12.3. The van der Waals surface area contributed by atoms with E-state index in [2.05, 4.69) is 10.2 Å². The molecule has 0 N–H and O–H groups in total. The average Bonchev–Trinajstić information content (AvgIpc) is 2.67. The number of hydrogen-bond acceptors (Lipinski definition) is 5. The molecule has 0 amide bonds. The van der Waals surface area contributed by atoms with Crippen molar-refractivity contribution in [3.05, 3.63) is 5.82 Å². The minimum absolute atomic E-state index is 0.0790. The fraction of sp³-hybridized carbons (Fsp3) is 0.800. The van der Waals surface area contributed by atoms with Crippen LogP contribution in [0.4, 0.5) is 0 Å². The fourth-order valence-corrected chi connectivity index (χ4v) is 2.58. The molecule has 0 aromatic carbocycles. The van der Waals surface area contributed by atoms with E-state index in [1.165, 1.54) is 4.57 Å². The first-order chi connectivity index (χ1) is 8.38. The molecule has 1 rings (SSSR count). The molecule has 0 aliphatic heterocycles. The van der Waals surface area contributed by atoms with E-state index in [0.29, 0.717) is 25.5 Å². The topological polar surface area (TPSA) is 74.1 Å². The maximum Gasteiger partial charge on any atom is 0.296 e. The van der Waals surface area contributed by atoms with Gasteiger partial charge >= 0.3 is 0 Å². The summed E-state index contributed by atoms with van der Waals surface area (Å²) in [5, 5.41) is 7.31. The molecule has 18 heavy (non-hydrogen) atoms. The predicted molar refractivity (Wildman–Crippen MR) is 68.3 cm³/mol. The van der Waals surface area contributed by atoms with Gasteiger partial charge in [-0.2, -0.15) is 0 Å². The van der Waals surface area contributed by atoms with Gasteiger partial charge in [0, 0.05) is 29.8 Å². The van der Waals surface area contributed by atoms with E-state index >= 15 is 0 Å². The fourth-order valence-electron chi connectivity index (χ4n) is 1.57. The molecule has 0 saturated carbocycles. The maximum atomic E-state index is 11.4. The highest BCUT2D eigenvalue weighted by molar-refractivity contribution is 8.13. The SMILES string of the molecule is CCCOCCc1nnc(S(=O)(=O)Cl)n1C(C)C. The highest BCUT2D eigenvalue weighted by Crippen LogP contribution is 2.19. The van der Waals surface area contributed by atoms with Crippen LogP contribution in [0.3, 0.4) is 0 Å². The van der Waals surface area contributed by atoms with Gasteiger partial charge in [-0.1, -0.05) is 6.92 Å². The molecule has 0 spiro atoms. The Labute approximate surface area is 112 Å². The lowest BCUT2D eigenvalue weighted by atomic mass is 10.3. The minimum Gasteiger partial charge on any atom is -0.381 e. The lowest BCUT2D eigenvalue weighted by Gasteiger charge is -2.12. The molecule has 1 heterocycles. The summed E-state index contributed by atoms with van der Waals surface area (Å²) in [5.74, 6) is 0.570. The van der Waals surface area contributed by atoms with E-state index in [9.17, 15) is 8.42 Å². The Morgan fingerprint density at radius 1 is 1.33 bits per heavy atom. The number of halogens is 1. The summed E-state index contributed by atoms with van der Waals surface area (Å²) in [4.78, 5) is 0. The summed E-state index contributed by atoms with van der Waals surface area (Å²) in [6, 6.07) is -0.0790. The second-order valence-electron chi connectivity index (χ2n) is 4.16. The Kier molecular flexibility index (Phi) is 5.55. The second kappa shape index (κ2) is 6.49. The third kappa shape index (κ3) is 3.93. The maximum absolute atomic E-state index is 11.4. The molecule has 0 saturated heterocycles. The van der Waals surface area contributed by atoms with Crippen LogP contribution in [0.5, 0.6) is 0 Å². The van der Waals surface area contributed by atoms with Crippen molar-refractivity contribution in [1.29, 1.82) is 0 Å². The van der Waals surface area contributed by atoms with Crippen molar-refractivity contribution in [3.8, 4) is 0 Å². The van der Waals surface area contributed by atoms with Gasteiger partial charge in [0.2, 0.25) is 0 Å². The quantitative estimate of drug-likeness (QED) is 0.566. The van der Waals surface area contributed by atoms with Gasteiger partial charge in [0.05, 0.1) is 6.61 Å². The molecule has 0 bridgehead atoms. The third-order valence-electron chi connectivity index (χ3n) is 2.29. The summed E-state index contributed by atoms with van der Waals surface area (Å²) in [5.41, 5.74) is 0. The number of aromatic nitrogens is 3. The zero-order valence-electron chi connectivity index (χ0n) is 10.8. The van der Waals surface area contributed by atoms with Crippen LogP contribution in [0.1, 0.15) is 39.1 Å². The Morgan fingerprint density at radius 2 is 2.00 bits per heavy atom. The van der Waals surface area contributed by atoms with E-state index in [1.54, 1.807) is 0 Å². The largest absolute Gasteiger partial charge is 0.381 e. The molecule has 0 radical (unpaired) electrons. The molecule has 0 unspecified atom stereocenters. The van der Waals surface area contributed by atoms with Crippen molar-refractivity contribution in [2.45, 2.75) is 44.8 Å². The predicted octanol–water partition coefficient (Wildman–Crippen LogP) is 1.76. The van der Waals surface area contributed by atoms with Gasteiger partial charge < -0.3 is 4.74 Å². The third-order valence-corrected chi connectivity index (χ3v) is 3.42. The number of ether oxygens (including phenoxy) is 1. The van der Waals surface area contributed by atoms with E-state index in [1.807, 2.05) is 20.8 Å². The Morgan fingerprint density at radius 3 is 2.50 bits per heavy atom. The van der Waals surface area contributed by atoms with Crippen LogP contribution in [0, 0.1) is 0 Å². The van der Waals surface area contributed by atoms with Crippen molar-refractivity contribution in [3.63, 3.8) is 0 Å². The van der Waals surface area contributed by atoms with E-state index in [-0.39, 0.29) is 11.2 Å². The van der Waals surface area contributed by atoms with Gasteiger partial charge in [-0.3, -0.25) is 4.57 Å². The summed E-state index contributed by atoms with van der Waals surface area (Å²) >= 11 is 0. The van der Waals surface area contributed by atoms with Crippen LogP contribution in [0.15, 0.2) is 5.16 Å². The van der Waals surface area contributed by atoms with Gasteiger partial charge in [0.1, 0.15) is 5.82 Å². The standard InChI is InChI=1S/C10H18ClN3O3S/c1-4-6-17-7-5-9-12-13-10(18(11,15)16)14(9)8(2)3/h8H,4-7H2,1-3H3. The highest BCUT2D eigenvalue weighted by Gasteiger charge is 2.23. The first-order valence-corrected chi connectivity index (χ1v) is 8.15. The number of hydrogen-bond donors (Lipinski definition) is 0. The first kappa shape index (κ1) is 15.4. The average molecular weight is 296 g/mol. The van der Waals surface area contributed by atoms with Gasteiger partial charge in [-0.25, -0.2) is 8.42 Å².